The Bertz CT molecular complexity index is 392. The summed E-state index contributed by atoms with van der Waals surface area (Å²) in [6, 6.07) is 5.30. The normalized spacial score (nSPS) is 12.1. The summed E-state index contributed by atoms with van der Waals surface area (Å²) in [5, 5.41) is 10.6. The van der Waals surface area contributed by atoms with Crippen LogP contribution in [0.1, 0.15) is 18.0 Å². The van der Waals surface area contributed by atoms with Crippen molar-refractivity contribution in [1.82, 2.24) is 0 Å². The van der Waals surface area contributed by atoms with E-state index in [1.807, 2.05) is 0 Å². The Labute approximate surface area is 86.0 Å². The average Bonchev–Trinajstić information content (AvgIpc) is 2.16. The number of amides is 1. The fraction of sp³-hybridized carbons (Fsp3) is 0.222. The van der Waals surface area contributed by atoms with E-state index in [4.69, 9.17) is 11.5 Å². The van der Waals surface area contributed by atoms with Crippen molar-refractivity contribution in [3.8, 4) is 0 Å². The Morgan fingerprint density at radius 2 is 2.07 bits per heavy atom. The first kappa shape index (κ1) is 11.1. The fourth-order valence-electron chi connectivity index (χ4n) is 1.29. The van der Waals surface area contributed by atoms with Crippen molar-refractivity contribution >= 4 is 11.6 Å². The Balaban J connectivity index is 3.02. The maximum atomic E-state index is 10.6. The van der Waals surface area contributed by atoms with Crippen LogP contribution in [-0.2, 0) is 4.79 Å². The molecule has 0 spiro atoms. The van der Waals surface area contributed by atoms with Crippen molar-refractivity contribution in [3.05, 3.63) is 39.9 Å². The summed E-state index contributed by atoms with van der Waals surface area (Å²) in [5.74, 6) is -0.583. The SMILES string of the molecule is NC(=O)CC(N)c1ccccc1[N+](=O)[O-]. The second-order valence-electron chi connectivity index (χ2n) is 3.09. The smallest absolute Gasteiger partial charge is 0.274 e. The van der Waals surface area contributed by atoms with Gasteiger partial charge in [0.1, 0.15) is 0 Å². The van der Waals surface area contributed by atoms with Crippen LogP contribution in [0.2, 0.25) is 0 Å². The van der Waals surface area contributed by atoms with Crippen LogP contribution in [0.3, 0.4) is 0 Å². The number of carbonyl (C=O) groups is 1. The highest BCUT2D eigenvalue weighted by Crippen LogP contribution is 2.24. The van der Waals surface area contributed by atoms with Gasteiger partial charge in [0.2, 0.25) is 5.91 Å². The Hall–Kier alpha value is -1.95. The molecule has 0 heterocycles. The maximum Gasteiger partial charge on any atom is 0.274 e. The molecule has 0 aromatic heterocycles. The number of nitro groups is 1. The Morgan fingerprint density at radius 3 is 2.60 bits per heavy atom. The lowest BCUT2D eigenvalue weighted by atomic mass is 10.0. The standard InChI is InChI=1S/C9H11N3O3/c10-7(5-9(11)13)6-3-1-2-4-8(6)12(14)15/h1-4,7H,5,10H2,(H2,11,13). The molecule has 0 bridgehead atoms. The van der Waals surface area contributed by atoms with Crippen LogP contribution >= 0.6 is 0 Å². The summed E-state index contributed by atoms with van der Waals surface area (Å²) >= 11 is 0. The third-order valence-electron chi connectivity index (χ3n) is 1.95. The van der Waals surface area contributed by atoms with Gasteiger partial charge in [-0.15, -0.1) is 0 Å². The molecule has 4 N–H and O–H groups in total. The van der Waals surface area contributed by atoms with Crippen molar-refractivity contribution in [3.63, 3.8) is 0 Å². The van der Waals surface area contributed by atoms with Gasteiger partial charge in [0.15, 0.2) is 0 Å². The molecule has 15 heavy (non-hydrogen) atoms. The lowest BCUT2D eigenvalue weighted by Gasteiger charge is -2.09. The third-order valence-corrected chi connectivity index (χ3v) is 1.95. The molecule has 0 aliphatic carbocycles. The summed E-state index contributed by atoms with van der Waals surface area (Å²) in [5.41, 5.74) is 10.8. The first-order valence-corrected chi connectivity index (χ1v) is 4.29. The van der Waals surface area contributed by atoms with Gasteiger partial charge in [-0.25, -0.2) is 0 Å². The van der Waals surface area contributed by atoms with Gasteiger partial charge >= 0.3 is 0 Å². The van der Waals surface area contributed by atoms with Crippen LogP contribution in [0.15, 0.2) is 24.3 Å². The van der Waals surface area contributed by atoms with E-state index in [2.05, 4.69) is 0 Å². The van der Waals surface area contributed by atoms with Crippen LogP contribution in [0, 0.1) is 10.1 Å². The molecular weight excluding hydrogens is 198 g/mol. The fourth-order valence-corrected chi connectivity index (χ4v) is 1.29. The number of nitro benzene ring substituents is 1. The largest absolute Gasteiger partial charge is 0.370 e. The first-order valence-electron chi connectivity index (χ1n) is 4.29. The molecule has 0 radical (unpaired) electrons. The molecule has 6 nitrogen and oxygen atoms in total. The van der Waals surface area contributed by atoms with Gasteiger partial charge in [0.25, 0.3) is 5.69 Å². The third kappa shape index (κ3) is 2.75. The number of nitrogens with two attached hydrogens (primary N) is 2. The monoisotopic (exact) mass is 209 g/mol. The highest BCUT2D eigenvalue weighted by atomic mass is 16.6. The predicted molar refractivity (Wildman–Crippen MR) is 53.8 cm³/mol. The van der Waals surface area contributed by atoms with E-state index >= 15 is 0 Å². The summed E-state index contributed by atoms with van der Waals surface area (Å²) in [6.07, 6.45) is -0.106. The molecule has 1 aromatic rings. The van der Waals surface area contributed by atoms with Crippen molar-refractivity contribution in [1.29, 1.82) is 0 Å². The molecule has 0 aliphatic rings. The minimum atomic E-state index is -0.732. The zero-order valence-electron chi connectivity index (χ0n) is 7.92. The van der Waals surface area contributed by atoms with Gasteiger partial charge in [-0.05, 0) is 0 Å². The summed E-state index contributed by atoms with van der Waals surface area (Å²) in [6.45, 7) is 0. The molecule has 80 valence electrons. The number of hydrogen-bond acceptors (Lipinski definition) is 4. The van der Waals surface area contributed by atoms with Gasteiger partial charge in [-0.2, -0.15) is 0 Å². The van der Waals surface area contributed by atoms with Gasteiger partial charge in [-0.1, -0.05) is 18.2 Å². The molecule has 1 rings (SSSR count). The molecule has 6 heteroatoms. The Morgan fingerprint density at radius 1 is 1.47 bits per heavy atom. The zero-order valence-corrected chi connectivity index (χ0v) is 7.92. The highest BCUT2D eigenvalue weighted by molar-refractivity contribution is 5.75. The van der Waals surface area contributed by atoms with Crippen molar-refractivity contribution < 1.29 is 9.72 Å². The van der Waals surface area contributed by atoms with E-state index in [0.29, 0.717) is 5.56 Å². The van der Waals surface area contributed by atoms with Crippen molar-refractivity contribution in [2.24, 2.45) is 11.5 Å². The summed E-state index contributed by atoms with van der Waals surface area (Å²) in [7, 11) is 0. The van der Waals surface area contributed by atoms with Crippen molar-refractivity contribution in [2.75, 3.05) is 0 Å². The van der Waals surface area contributed by atoms with Crippen LogP contribution < -0.4 is 11.5 Å². The van der Waals surface area contributed by atoms with Crippen LogP contribution in [-0.4, -0.2) is 10.8 Å². The lowest BCUT2D eigenvalue weighted by molar-refractivity contribution is -0.385. The van der Waals surface area contributed by atoms with Crippen LogP contribution in [0.4, 0.5) is 5.69 Å². The second-order valence-corrected chi connectivity index (χ2v) is 3.09. The quantitative estimate of drug-likeness (QED) is 0.554. The van der Waals surface area contributed by atoms with Gasteiger partial charge in [0, 0.05) is 24.1 Å². The highest BCUT2D eigenvalue weighted by Gasteiger charge is 2.19. The maximum absolute atomic E-state index is 10.6. The van der Waals surface area contributed by atoms with Crippen molar-refractivity contribution in [2.45, 2.75) is 12.5 Å². The average molecular weight is 209 g/mol. The molecular formula is C9H11N3O3. The second kappa shape index (κ2) is 4.52. The number of primary amides is 1. The molecule has 0 saturated carbocycles. The van der Waals surface area contributed by atoms with Crippen LogP contribution in [0.5, 0.6) is 0 Å². The molecule has 0 fully saturated rings. The molecule has 1 aromatic carbocycles. The van der Waals surface area contributed by atoms with E-state index in [0.717, 1.165) is 0 Å². The van der Waals surface area contributed by atoms with Gasteiger partial charge in [-0.3, -0.25) is 14.9 Å². The van der Waals surface area contributed by atoms with E-state index < -0.39 is 16.9 Å². The van der Waals surface area contributed by atoms with E-state index in [1.54, 1.807) is 12.1 Å². The number of carbonyl (C=O) groups excluding carboxylic acids is 1. The molecule has 1 unspecified atom stereocenters. The van der Waals surface area contributed by atoms with Crippen LogP contribution in [0.25, 0.3) is 0 Å². The Kier molecular flexibility index (Phi) is 3.35. The van der Waals surface area contributed by atoms with E-state index in [-0.39, 0.29) is 12.1 Å². The summed E-state index contributed by atoms with van der Waals surface area (Å²) in [4.78, 5) is 20.8. The number of nitrogens with zero attached hydrogens (tertiary/aromatic N) is 1. The first-order chi connectivity index (χ1) is 7.02. The minimum Gasteiger partial charge on any atom is -0.370 e. The predicted octanol–water partition coefficient (Wildman–Crippen LogP) is 0.470. The van der Waals surface area contributed by atoms with Gasteiger partial charge < -0.3 is 11.5 Å². The number of hydrogen-bond donors (Lipinski definition) is 2. The number of para-hydroxylation sites is 1. The topological polar surface area (TPSA) is 112 Å². The lowest BCUT2D eigenvalue weighted by Crippen LogP contribution is -2.21. The van der Waals surface area contributed by atoms with Gasteiger partial charge in [0.05, 0.1) is 4.92 Å². The number of benzene rings is 1. The minimum absolute atomic E-state index is 0.0914. The molecule has 0 saturated heterocycles. The molecule has 1 amide bonds. The molecule has 0 aliphatic heterocycles. The zero-order chi connectivity index (χ0) is 11.4. The van der Waals surface area contributed by atoms with E-state index in [1.165, 1.54) is 12.1 Å². The summed E-state index contributed by atoms with van der Waals surface area (Å²) < 4.78 is 0. The number of rotatable bonds is 4. The molecule has 1 atom stereocenters. The van der Waals surface area contributed by atoms with E-state index in [9.17, 15) is 14.9 Å².